The maximum absolute atomic E-state index is 5.53. The van der Waals surface area contributed by atoms with E-state index in [0.29, 0.717) is 0 Å². The molecule has 0 aromatic carbocycles. The molecule has 0 N–H and O–H groups in total. The van der Waals surface area contributed by atoms with E-state index in [1.807, 2.05) is 13.8 Å². The van der Waals surface area contributed by atoms with Gasteiger partial charge in [0.15, 0.2) is 0 Å². The molecule has 1 nitrogen and oxygen atoms in total. The lowest BCUT2D eigenvalue weighted by Gasteiger charge is -2.03. The molecule has 15 heavy (non-hydrogen) atoms. The van der Waals surface area contributed by atoms with Crippen LogP contribution in [-0.2, 0) is 4.74 Å². The van der Waals surface area contributed by atoms with Gasteiger partial charge in [0, 0.05) is 13.2 Å². The summed E-state index contributed by atoms with van der Waals surface area (Å²) < 4.78 is 5.53. The molecular weight excluding hydrogens is 184 g/mol. The first-order chi connectivity index (χ1) is 7.41. The van der Waals surface area contributed by atoms with Gasteiger partial charge < -0.3 is 4.74 Å². The smallest absolute Gasteiger partial charge is 0.0466 e. The van der Waals surface area contributed by atoms with Gasteiger partial charge in [-0.3, -0.25) is 0 Å². The van der Waals surface area contributed by atoms with Crippen LogP contribution >= 0.6 is 0 Å². The highest BCUT2D eigenvalue weighted by Crippen LogP contribution is 2.01. The SMILES string of the molecule is CC.CCCCCCOCCCCCC. The Labute approximate surface area is 97.6 Å². The van der Waals surface area contributed by atoms with Gasteiger partial charge in [0.25, 0.3) is 0 Å². The van der Waals surface area contributed by atoms with Gasteiger partial charge >= 0.3 is 0 Å². The molecule has 0 spiro atoms. The van der Waals surface area contributed by atoms with Gasteiger partial charge in [-0.05, 0) is 12.8 Å². The van der Waals surface area contributed by atoms with Crippen molar-refractivity contribution in [2.75, 3.05) is 13.2 Å². The lowest BCUT2D eigenvalue weighted by Crippen LogP contribution is -1.96. The topological polar surface area (TPSA) is 9.23 Å². The van der Waals surface area contributed by atoms with Crippen LogP contribution in [0, 0.1) is 0 Å². The van der Waals surface area contributed by atoms with Crippen LogP contribution in [0.2, 0.25) is 0 Å². The number of ether oxygens (including phenoxy) is 1. The summed E-state index contributed by atoms with van der Waals surface area (Å²) in [5.74, 6) is 0. The first-order valence-electron chi connectivity index (χ1n) is 6.99. The van der Waals surface area contributed by atoms with E-state index in [2.05, 4.69) is 13.8 Å². The second kappa shape index (κ2) is 19.5. The minimum atomic E-state index is 0.978. The average Bonchev–Trinajstić information content (AvgIpc) is 2.30. The maximum atomic E-state index is 5.53. The van der Waals surface area contributed by atoms with Crippen molar-refractivity contribution in [1.29, 1.82) is 0 Å². The molecule has 0 aliphatic heterocycles. The van der Waals surface area contributed by atoms with Crippen molar-refractivity contribution >= 4 is 0 Å². The standard InChI is InChI=1S/C12H26O.C2H6/c1-3-5-7-9-11-13-12-10-8-6-4-2;1-2/h3-12H2,1-2H3;1-2H3. The zero-order valence-electron chi connectivity index (χ0n) is 11.5. The second-order valence-electron chi connectivity index (χ2n) is 3.73. The van der Waals surface area contributed by atoms with Gasteiger partial charge in [-0.1, -0.05) is 66.2 Å². The van der Waals surface area contributed by atoms with E-state index in [1.54, 1.807) is 0 Å². The van der Waals surface area contributed by atoms with Gasteiger partial charge in [0.1, 0.15) is 0 Å². The Bertz CT molecular complexity index is 71.4. The van der Waals surface area contributed by atoms with Crippen molar-refractivity contribution in [2.24, 2.45) is 0 Å². The number of unbranched alkanes of at least 4 members (excludes halogenated alkanes) is 6. The predicted octanol–water partition coefficient (Wildman–Crippen LogP) is 5.19. The second-order valence-corrected chi connectivity index (χ2v) is 3.73. The number of rotatable bonds is 10. The van der Waals surface area contributed by atoms with Gasteiger partial charge in [-0.2, -0.15) is 0 Å². The maximum Gasteiger partial charge on any atom is 0.0466 e. The highest BCUT2D eigenvalue weighted by Gasteiger charge is 1.90. The van der Waals surface area contributed by atoms with E-state index in [0.717, 1.165) is 13.2 Å². The fraction of sp³-hybridized carbons (Fsp3) is 1.00. The highest BCUT2D eigenvalue weighted by atomic mass is 16.5. The molecule has 0 aromatic heterocycles. The molecule has 0 saturated carbocycles. The molecule has 0 bridgehead atoms. The van der Waals surface area contributed by atoms with Crippen molar-refractivity contribution in [3.63, 3.8) is 0 Å². The molecule has 0 saturated heterocycles. The van der Waals surface area contributed by atoms with E-state index >= 15 is 0 Å². The number of hydrogen-bond acceptors (Lipinski definition) is 1. The van der Waals surface area contributed by atoms with Gasteiger partial charge in [-0.25, -0.2) is 0 Å². The summed E-state index contributed by atoms with van der Waals surface area (Å²) in [5, 5.41) is 0. The summed E-state index contributed by atoms with van der Waals surface area (Å²) >= 11 is 0. The molecule has 0 atom stereocenters. The molecule has 0 amide bonds. The predicted molar refractivity (Wildman–Crippen MR) is 70.5 cm³/mol. The van der Waals surface area contributed by atoms with Crippen LogP contribution in [0.15, 0.2) is 0 Å². The largest absolute Gasteiger partial charge is 0.381 e. The molecule has 0 aliphatic rings. The molecule has 0 heterocycles. The molecular formula is C14H32O. The van der Waals surface area contributed by atoms with Gasteiger partial charge in [0.2, 0.25) is 0 Å². The first kappa shape index (κ1) is 17.4. The Kier molecular flexibility index (Phi) is 22.6. The summed E-state index contributed by atoms with van der Waals surface area (Å²) in [4.78, 5) is 0. The molecule has 0 fully saturated rings. The molecule has 0 rings (SSSR count). The van der Waals surface area contributed by atoms with Crippen molar-refractivity contribution < 1.29 is 4.74 Å². The number of hydrogen-bond donors (Lipinski definition) is 0. The molecule has 1 heteroatoms. The van der Waals surface area contributed by atoms with Crippen molar-refractivity contribution in [3.8, 4) is 0 Å². The summed E-state index contributed by atoms with van der Waals surface area (Å²) in [7, 11) is 0. The quantitative estimate of drug-likeness (QED) is 0.457. The summed E-state index contributed by atoms with van der Waals surface area (Å²) in [6.07, 6.45) is 10.5. The van der Waals surface area contributed by atoms with Crippen LogP contribution in [0.3, 0.4) is 0 Å². The van der Waals surface area contributed by atoms with E-state index < -0.39 is 0 Å². The fourth-order valence-corrected chi connectivity index (χ4v) is 1.36. The normalized spacial score (nSPS) is 9.60. The van der Waals surface area contributed by atoms with Crippen LogP contribution in [0.5, 0.6) is 0 Å². The first-order valence-corrected chi connectivity index (χ1v) is 6.99. The molecule has 0 aliphatic carbocycles. The Hall–Kier alpha value is -0.0400. The molecule has 0 unspecified atom stereocenters. The van der Waals surface area contributed by atoms with Gasteiger partial charge in [0.05, 0.1) is 0 Å². The summed E-state index contributed by atoms with van der Waals surface area (Å²) in [6, 6.07) is 0. The van der Waals surface area contributed by atoms with Crippen LogP contribution in [0.25, 0.3) is 0 Å². The summed E-state index contributed by atoms with van der Waals surface area (Å²) in [6.45, 7) is 10.4. The van der Waals surface area contributed by atoms with E-state index in [4.69, 9.17) is 4.74 Å². The zero-order chi connectivity index (χ0) is 11.8. The minimum Gasteiger partial charge on any atom is -0.381 e. The van der Waals surface area contributed by atoms with E-state index in [9.17, 15) is 0 Å². The summed E-state index contributed by atoms with van der Waals surface area (Å²) in [5.41, 5.74) is 0. The monoisotopic (exact) mass is 216 g/mol. The lowest BCUT2D eigenvalue weighted by molar-refractivity contribution is 0.126. The zero-order valence-corrected chi connectivity index (χ0v) is 11.5. The van der Waals surface area contributed by atoms with Crippen molar-refractivity contribution in [1.82, 2.24) is 0 Å². The Morgan fingerprint density at radius 1 is 0.600 bits per heavy atom. The Balaban J connectivity index is 0. The van der Waals surface area contributed by atoms with Crippen LogP contribution < -0.4 is 0 Å². The highest BCUT2D eigenvalue weighted by molar-refractivity contribution is 4.41. The Morgan fingerprint density at radius 2 is 1.00 bits per heavy atom. The lowest BCUT2D eigenvalue weighted by atomic mass is 10.2. The molecule has 94 valence electrons. The third-order valence-electron chi connectivity index (χ3n) is 2.28. The van der Waals surface area contributed by atoms with Gasteiger partial charge in [-0.15, -0.1) is 0 Å². The molecule has 0 aromatic rings. The van der Waals surface area contributed by atoms with Crippen molar-refractivity contribution in [3.05, 3.63) is 0 Å². The van der Waals surface area contributed by atoms with Crippen LogP contribution in [0.4, 0.5) is 0 Å². The fourth-order valence-electron chi connectivity index (χ4n) is 1.36. The Morgan fingerprint density at radius 3 is 1.33 bits per heavy atom. The average molecular weight is 216 g/mol. The molecule has 0 radical (unpaired) electrons. The van der Waals surface area contributed by atoms with Crippen molar-refractivity contribution in [2.45, 2.75) is 79.1 Å². The van der Waals surface area contributed by atoms with E-state index in [1.165, 1.54) is 51.4 Å². The minimum absolute atomic E-state index is 0.978. The third kappa shape index (κ3) is 20.1. The third-order valence-corrected chi connectivity index (χ3v) is 2.28. The van der Waals surface area contributed by atoms with Crippen LogP contribution in [0.1, 0.15) is 79.1 Å². The van der Waals surface area contributed by atoms with E-state index in [-0.39, 0.29) is 0 Å². The van der Waals surface area contributed by atoms with Crippen LogP contribution in [-0.4, -0.2) is 13.2 Å².